The number of nitrogens with zero attached hydrogens (tertiary/aromatic N) is 2. The molecular weight excluding hydrogens is 340 g/mol. The summed E-state index contributed by atoms with van der Waals surface area (Å²) in [6.07, 6.45) is 1.40. The van der Waals surface area contributed by atoms with Crippen LogP contribution in [0.2, 0.25) is 0 Å². The van der Waals surface area contributed by atoms with Crippen LogP contribution in [0, 0.1) is 22.7 Å². The number of carboxylic acids is 1. The molecule has 0 unspecified atom stereocenters. The van der Waals surface area contributed by atoms with Gasteiger partial charge < -0.3 is 14.6 Å². The first-order valence-corrected chi connectivity index (χ1v) is 6.64. The number of carbonyl (C=O) groups is 1. The summed E-state index contributed by atoms with van der Waals surface area (Å²) in [5.41, 5.74) is 0.509. The molecule has 0 heterocycles. The first kappa shape index (κ1) is 16.5. The van der Waals surface area contributed by atoms with Crippen molar-refractivity contribution in [2.45, 2.75) is 6.92 Å². The molecule has 0 aromatic heterocycles. The Labute approximate surface area is 129 Å². The zero-order valence-electron chi connectivity index (χ0n) is 11.1. The monoisotopic (exact) mass is 350 g/mol. The molecule has 0 bridgehead atoms. The molecule has 0 saturated heterocycles. The summed E-state index contributed by atoms with van der Waals surface area (Å²) in [7, 11) is 0. The van der Waals surface area contributed by atoms with E-state index in [-0.39, 0.29) is 11.3 Å². The van der Waals surface area contributed by atoms with Gasteiger partial charge in [-0.2, -0.15) is 10.5 Å². The summed E-state index contributed by atoms with van der Waals surface area (Å²) in [6.45, 7) is 1.62. The van der Waals surface area contributed by atoms with Gasteiger partial charge in [-0.15, -0.1) is 0 Å². The zero-order valence-corrected chi connectivity index (χ0v) is 12.7. The maximum Gasteiger partial charge on any atom is 0.341 e. The smallest absolute Gasteiger partial charge is 0.341 e. The SMILES string of the molecule is CCOc1cc(C=C(C#N)C#N)cc(Br)c1OCC(=O)O. The Balaban J connectivity index is 3.24. The van der Waals surface area contributed by atoms with Crippen LogP contribution >= 0.6 is 15.9 Å². The first-order chi connectivity index (χ1) is 10.0. The number of aliphatic carboxylic acids is 1. The van der Waals surface area contributed by atoms with Gasteiger partial charge in [-0.1, -0.05) is 0 Å². The molecule has 0 amide bonds. The number of rotatable bonds is 6. The highest BCUT2D eigenvalue weighted by Crippen LogP contribution is 2.37. The topological polar surface area (TPSA) is 103 Å². The highest BCUT2D eigenvalue weighted by Gasteiger charge is 2.13. The quantitative estimate of drug-likeness (QED) is 0.791. The van der Waals surface area contributed by atoms with Crippen molar-refractivity contribution in [2.75, 3.05) is 13.2 Å². The summed E-state index contributed by atoms with van der Waals surface area (Å²) < 4.78 is 11.0. The molecule has 1 N–H and O–H groups in total. The van der Waals surface area contributed by atoms with Gasteiger partial charge >= 0.3 is 5.97 Å². The third-order valence-corrected chi connectivity index (χ3v) is 2.81. The van der Waals surface area contributed by atoms with E-state index in [4.69, 9.17) is 25.1 Å². The lowest BCUT2D eigenvalue weighted by atomic mass is 10.1. The second-order valence-corrected chi connectivity index (χ2v) is 4.58. The van der Waals surface area contributed by atoms with Crippen molar-refractivity contribution >= 4 is 28.0 Å². The fraction of sp³-hybridized carbons (Fsp3) is 0.214. The van der Waals surface area contributed by atoms with Gasteiger partial charge in [-0.25, -0.2) is 4.79 Å². The van der Waals surface area contributed by atoms with E-state index in [9.17, 15) is 4.79 Å². The number of allylic oxidation sites excluding steroid dienone is 1. The van der Waals surface area contributed by atoms with E-state index in [0.717, 1.165) is 0 Å². The maximum atomic E-state index is 10.6. The molecule has 108 valence electrons. The van der Waals surface area contributed by atoms with Crippen LogP contribution < -0.4 is 9.47 Å². The molecule has 0 aliphatic rings. The Bertz CT molecular complexity index is 640. The summed E-state index contributed by atoms with van der Waals surface area (Å²) in [6, 6.07) is 6.70. The minimum atomic E-state index is -1.11. The molecular formula is C14H11BrN2O4. The molecule has 0 spiro atoms. The molecule has 0 radical (unpaired) electrons. The Kier molecular flexibility index (Phi) is 6.25. The standard InChI is InChI=1S/C14H11BrN2O4/c1-2-20-12-5-9(3-10(6-16)7-17)4-11(15)14(12)21-8-13(18)19/h3-5H,2,8H2,1H3,(H,18,19). The fourth-order valence-corrected chi connectivity index (χ4v) is 2.04. The summed E-state index contributed by atoms with van der Waals surface area (Å²) >= 11 is 3.26. The van der Waals surface area contributed by atoms with Crippen LogP contribution in [0.1, 0.15) is 12.5 Å². The summed E-state index contributed by atoms with van der Waals surface area (Å²) in [5.74, 6) is -0.522. The number of hydrogen-bond donors (Lipinski definition) is 1. The van der Waals surface area contributed by atoms with Gasteiger partial charge in [0.15, 0.2) is 18.1 Å². The number of ether oxygens (including phenoxy) is 2. The van der Waals surface area contributed by atoms with Crippen LogP contribution in [-0.4, -0.2) is 24.3 Å². The minimum absolute atomic E-state index is 0.0523. The van der Waals surface area contributed by atoms with E-state index in [2.05, 4.69) is 15.9 Å². The fourth-order valence-electron chi connectivity index (χ4n) is 1.46. The molecule has 1 rings (SSSR count). The van der Waals surface area contributed by atoms with E-state index >= 15 is 0 Å². The molecule has 0 fully saturated rings. The predicted octanol–water partition coefficient (Wildman–Crippen LogP) is 2.74. The van der Waals surface area contributed by atoms with Gasteiger partial charge in [-0.05, 0) is 46.6 Å². The number of carboxylic acid groups (broad SMARTS) is 1. The third kappa shape index (κ3) is 4.83. The molecule has 7 heteroatoms. The van der Waals surface area contributed by atoms with Crippen LogP contribution in [0.5, 0.6) is 11.5 Å². The Morgan fingerprint density at radius 1 is 1.38 bits per heavy atom. The first-order valence-electron chi connectivity index (χ1n) is 5.84. The third-order valence-electron chi connectivity index (χ3n) is 2.22. The van der Waals surface area contributed by atoms with E-state index in [1.165, 1.54) is 6.08 Å². The van der Waals surface area contributed by atoms with Gasteiger partial charge in [0.05, 0.1) is 11.1 Å². The van der Waals surface area contributed by atoms with E-state index in [1.807, 2.05) is 0 Å². The lowest BCUT2D eigenvalue weighted by Gasteiger charge is -2.13. The normalized spacial score (nSPS) is 9.14. The van der Waals surface area contributed by atoms with Gasteiger partial charge in [-0.3, -0.25) is 0 Å². The molecule has 6 nitrogen and oxygen atoms in total. The second kappa shape index (κ2) is 7.93. The lowest BCUT2D eigenvalue weighted by molar-refractivity contribution is -0.139. The van der Waals surface area contributed by atoms with Crippen molar-refractivity contribution in [2.24, 2.45) is 0 Å². The van der Waals surface area contributed by atoms with Crippen molar-refractivity contribution in [3.05, 3.63) is 27.7 Å². The summed E-state index contributed by atoms with van der Waals surface area (Å²) in [4.78, 5) is 10.6. The Morgan fingerprint density at radius 2 is 2.05 bits per heavy atom. The van der Waals surface area contributed by atoms with Crippen molar-refractivity contribution in [3.63, 3.8) is 0 Å². The molecule has 21 heavy (non-hydrogen) atoms. The highest BCUT2D eigenvalue weighted by molar-refractivity contribution is 9.10. The van der Waals surface area contributed by atoms with Crippen molar-refractivity contribution in [3.8, 4) is 23.6 Å². The van der Waals surface area contributed by atoms with Crippen LogP contribution in [-0.2, 0) is 4.79 Å². The number of halogens is 1. The number of hydrogen-bond acceptors (Lipinski definition) is 5. The van der Waals surface area contributed by atoms with Crippen LogP contribution in [0.3, 0.4) is 0 Å². The van der Waals surface area contributed by atoms with E-state index in [0.29, 0.717) is 22.4 Å². The van der Waals surface area contributed by atoms with Gasteiger partial charge in [0.25, 0.3) is 0 Å². The summed E-state index contributed by atoms with van der Waals surface area (Å²) in [5, 5.41) is 26.2. The molecule has 0 saturated carbocycles. The Morgan fingerprint density at radius 3 is 2.57 bits per heavy atom. The van der Waals surface area contributed by atoms with Crippen molar-refractivity contribution < 1.29 is 19.4 Å². The van der Waals surface area contributed by atoms with Gasteiger partial charge in [0, 0.05) is 0 Å². The zero-order chi connectivity index (χ0) is 15.8. The largest absolute Gasteiger partial charge is 0.490 e. The lowest BCUT2D eigenvalue weighted by Crippen LogP contribution is -2.10. The molecule has 0 atom stereocenters. The molecule has 1 aromatic carbocycles. The Hall–Kier alpha value is -2.51. The minimum Gasteiger partial charge on any atom is -0.490 e. The number of nitriles is 2. The van der Waals surface area contributed by atoms with Crippen molar-refractivity contribution in [1.82, 2.24) is 0 Å². The molecule has 0 aliphatic heterocycles. The van der Waals surface area contributed by atoms with Gasteiger partial charge in [0.1, 0.15) is 17.7 Å². The van der Waals surface area contributed by atoms with Crippen LogP contribution in [0.4, 0.5) is 0 Å². The average molecular weight is 351 g/mol. The number of benzene rings is 1. The van der Waals surface area contributed by atoms with E-state index < -0.39 is 12.6 Å². The highest BCUT2D eigenvalue weighted by atomic mass is 79.9. The molecule has 1 aromatic rings. The van der Waals surface area contributed by atoms with Crippen molar-refractivity contribution in [1.29, 1.82) is 10.5 Å². The molecule has 0 aliphatic carbocycles. The predicted molar refractivity (Wildman–Crippen MR) is 77.6 cm³/mol. The second-order valence-electron chi connectivity index (χ2n) is 3.73. The van der Waals surface area contributed by atoms with Gasteiger partial charge in [0.2, 0.25) is 0 Å². The average Bonchev–Trinajstić information content (AvgIpc) is 2.43. The van der Waals surface area contributed by atoms with Crippen LogP contribution in [0.15, 0.2) is 22.2 Å². The maximum absolute atomic E-state index is 10.6. The van der Waals surface area contributed by atoms with E-state index in [1.54, 1.807) is 31.2 Å². The van der Waals surface area contributed by atoms with Crippen LogP contribution in [0.25, 0.3) is 6.08 Å².